The van der Waals surface area contributed by atoms with E-state index in [1.54, 1.807) is 17.5 Å². The lowest BCUT2D eigenvalue weighted by Gasteiger charge is -2.10. The third-order valence-electron chi connectivity index (χ3n) is 5.99. The van der Waals surface area contributed by atoms with Crippen molar-refractivity contribution in [3.05, 3.63) is 89.9 Å². The van der Waals surface area contributed by atoms with E-state index in [1.165, 1.54) is 6.92 Å². The molecule has 38 heavy (non-hydrogen) atoms. The fraction of sp³-hybridized carbons (Fsp3) is 0.0690. The fourth-order valence-electron chi connectivity index (χ4n) is 4.26. The maximum atomic E-state index is 12.5. The summed E-state index contributed by atoms with van der Waals surface area (Å²) in [5.74, 6) is 0.316. The molecule has 0 spiro atoms. The maximum absolute atomic E-state index is 12.5. The molecule has 0 radical (unpaired) electrons. The molecule has 0 bridgehead atoms. The number of benzene rings is 3. The van der Waals surface area contributed by atoms with Gasteiger partial charge in [-0.1, -0.05) is 36.4 Å². The first kappa shape index (κ1) is 24.9. The Labute approximate surface area is 223 Å². The van der Waals surface area contributed by atoms with Crippen molar-refractivity contribution in [2.24, 2.45) is 5.73 Å². The Morgan fingerprint density at radius 1 is 0.842 bits per heavy atom. The molecule has 2 aromatic heterocycles. The van der Waals surface area contributed by atoms with Gasteiger partial charge >= 0.3 is 6.03 Å². The van der Waals surface area contributed by atoms with Gasteiger partial charge in [0.15, 0.2) is 0 Å². The third kappa shape index (κ3) is 5.34. The summed E-state index contributed by atoms with van der Waals surface area (Å²) in [7, 11) is 0. The zero-order valence-corrected chi connectivity index (χ0v) is 21.4. The number of rotatable bonds is 6. The van der Waals surface area contributed by atoms with E-state index in [2.05, 4.69) is 26.3 Å². The van der Waals surface area contributed by atoms with Crippen molar-refractivity contribution >= 4 is 56.2 Å². The molecule has 0 aliphatic heterocycles. The summed E-state index contributed by atoms with van der Waals surface area (Å²) in [5, 5.41) is 11.4. The molecule has 190 valence electrons. The number of pyridine rings is 1. The van der Waals surface area contributed by atoms with E-state index in [1.807, 2.05) is 72.8 Å². The molecule has 5 rings (SSSR count). The molecule has 0 saturated carbocycles. The number of hydrogen-bond donors (Lipinski definition) is 5. The first-order valence-electron chi connectivity index (χ1n) is 11.9. The van der Waals surface area contributed by atoms with Gasteiger partial charge in [0.2, 0.25) is 5.91 Å². The van der Waals surface area contributed by atoms with E-state index >= 15 is 0 Å². The summed E-state index contributed by atoms with van der Waals surface area (Å²) in [6, 6.07) is 22.3. The smallest absolute Gasteiger partial charge is 0.323 e. The molecule has 0 atom stereocenters. The Balaban J connectivity index is 1.39. The van der Waals surface area contributed by atoms with Gasteiger partial charge in [0, 0.05) is 57.9 Å². The molecule has 5 aromatic rings. The van der Waals surface area contributed by atoms with Crippen molar-refractivity contribution in [2.75, 3.05) is 21.7 Å². The monoisotopic (exact) mass is 522 g/mol. The minimum absolute atomic E-state index is 0.127. The van der Waals surface area contributed by atoms with Crippen molar-refractivity contribution in [1.29, 1.82) is 0 Å². The quantitative estimate of drug-likeness (QED) is 0.179. The Hall–Kier alpha value is -4.73. The van der Waals surface area contributed by atoms with E-state index in [4.69, 9.17) is 11.5 Å². The number of amides is 3. The minimum Gasteiger partial charge on any atom is -0.383 e. The predicted octanol–water partition coefficient (Wildman–Crippen LogP) is 6.27. The summed E-state index contributed by atoms with van der Waals surface area (Å²) < 4.78 is 1.01. The number of nitrogens with two attached hydrogens (primary N) is 2. The van der Waals surface area contributed by atoms with Crippen LogP contribution in [0.3, 0.4) is 0 Å². The van der Waals surface area contributed by atoms with Crippen LogP contribution in [0.5, 0.6) is 0 Å². The number of nitrogen functional groups attached to an aromatic ring is 1. The first-order chi connectivity index (χ1) is 18.4. The highest BCUT2D eigenvalue weighted by Crippen LogP contribution is 2.42. The lowest BCUT2D eigenvalue weighted by atomic mass is 10.0. The van der Waals surface area contributed by atoms with Gasteiger partial charge in [-0.3, -0.25) is 4.79 Å². The highest BCUT2D eigenvalue weighted by Gasteiger charge is 2.16. The van der Waals surface area contributed by atoms with E-state index in [9.17, 15) is 9.59 Å². The summed E-state index contributed by atoms with van der Waals surface area (Å²) in [5.41, 5.74) is 18.8. The third-order valence-corrected chi connectivity index (χ3v) is 7.01. The molecule has 7 N–H and O–H groups in total. The SMILES string of the molecule is CC(=O)Nc1cccc(-c2cnc(N)c3c(-c4ccc(NC(=O)Nc5cccc(CN)c5)cc4)csc23)c1. The lowest BCUT2D eigenvalue weighted by Crippen LogP contribution is -2.19. The lowest BCUT2D eigenvalue weighted by molar-refractivity contribution is -0.114. The summed E-state index contributed by atoms with van der Waals surface area (Å²) in [4.78, 5) is 28.4. The number of thiophene rings is 1. The van der Waals surface area contributed by atoms with Crippen LogP contribution in [0.1, 0.15) is 12.5 Å². The van der Waals surface area contributed by atoms with E-state index in [0.29, 0.717) is 23.7 Å². The molecule has 3 amide bonds. The number of carbonyl (C=O) groups excluding carboxylic acids is 2. The van der Waals surface area contributed by atoms with Crippen molar-refractivity contribution in [3.63, 3.8) is 0 Å². The number of nitrogens with zero attached hydrogens (tertiary/aromatic N) is 1. The Kier molecular flexibility index (Phi) is 7.03. The molecule has 8 nitrogen and oxygen atoms in total. The number of nitrogens with one attached hydrogen (secondary N) is 3. The van der Waals surface area contributed by atoms with Crippen LogP contribution in [0, 0.1) is 0 Å². The van der Waals surface area contributed by atoms with Crippen LogP contribution in [0.4, 0.5) is 27.7 Å². The van der Waals surface area contributed by atoms with Gasteiger partial charge in [0.05, 0.1) is 0 Å². The highest BCUT2D eigenvalue weighted by atomic mass is 32.1. The van der Waals surface area contributed by atoms with Gasteiger partial charge < -0.3 is 27.4 Å². The maximum Gasteiger partial charge on any atom is 0.323 e. The summed E-state index contributed by atoms with van der Waals surface area (Å²) in [6.45, 7) is 1.89. The highest BCUT2D eigenvalue weighted by molar-refractivity contribution is 7.18. The van der Waals surface area contributed by atoms with Crippen molar-refractivity contribution in [3.8, 4) is 22.3 Å². The van der Waals surface area contributed by atoms with Gasteiger partial charge in [-0.25, -0.2) is 9.78 Å². The van der Waals surface area contributed by atoms with Gasteiger partial charge in [-0.15, -0.1) is 11.3 Å². The Bertz CT molecular complexity index is 1650. The number of aromatic nitrogens is 1. The van der Waals surface area contributed by atoms with E-state index < -0.39 is 0 Å². The normalized spacial score (nSPS) is 10.8. The molecule has 0 fully saturated rings. The van der Waals surface area contributed by atoms with Crippen LogP contribution in [0.25, 0.3) is 32.3 Å². The zero-order valence-electron chi connectivity index (χ0n) is 20.6. The standard InChI is InChI=1S/C29H26N6O2S/c1-17(36)33-23-7-3-5-20(13-23)24-15-32-28(31)26-25(16-38-27(24)26)19-8-10-21(11-9-19)34-29(37)35-22-6-2-4-18(12-22)14-30/h2-13,15-16H,14,30H2,1H3,(H2,31,32)(H,33,36)(H2,34,35,37). The average Bonchev–Trinajstić information content (AvgIpc) is 3.35. The molecule has 2 heterocycles. The van der Waals surface area contributed by atoms with Gasteiger partial charge in [-0.05, 0) is 58.5 Å². The Morgan fingerprint density at radius 2 is 1.55 bits per heavy atom. The second-order valence-corrected chi connectivity index (χ2v) is 9.61. The zero-order chi connectivity index (χ0) is 26.6. The average molecular weight is 523 g/mol. The topological polar surface area (TPSA) is 135 Å². The molecule has 0 aliphatic carbocycles. The van der Waals surface area contributed by atoms with E-state index in [-0.39, 0.29) is 11.9 Å². The number of carbonyl (C=O) groups is 2. The largest absolute Gasteiger partial charge is 0.383 e. The van der Waals surface area contributed by atoms with Crippen LogP contribution in [0.2, 0.25) is 0 Å². The second kappa shape index (κ2) is 10.7. The molecule has 0 unspecified atom stereocenters. The van der Waals surface area contributed by atoms with Crippen LogP contribution in [-0.2, 0) is 11.3 Å². The predicted molar refractivity (Wildman–Crippen MR) is 156 cm³/mol. The van der Waals surface area contributed by atoms with E-state index in [0.717, 1.165) is 43.6 Å². The first-order valence-corrected chi connectivity index (χ1v) is 12.8. The number of anilines is 4. The van der Waals surface area contributed by atoms with Crippen LogP contribution in [0.15, 0.2) is 84.4 Å². The van der Waals surface area contributed by atoms with Gasteiger partial charge in [-0.2, -0.15) is 0 Å². The molecule has 3 aromatic carbocycles. The summed E-state index contributed by atoms with van der Waals surface area (Å²) >= 11 is 1.59. The van der Waals surface area contributed by atoms with Crippen LogP contribution < -0.4 is 27.4 Å². The van der Waals surface area contributed by atoms with Gasteiger partial charge in [0.25, 0.3) is 0 Å². The van der Waals surface area contributed by atoms with Crippen LogP contribution in [-0.4, -0.2) is 16.9 Å². The Morgan fingerprint density at radius 3 is 2.29 bits per heavy atom. The van der Waals surface area contributed by atoms with Crippen molar-refractivity contribution in [1.82, 2.24) is 4.98 Å². The number of fused-ring (bicyclic) bond motifs is 1. The fourth-order valence-corrected chi connectivity index (χ4v) is 5.38. The minimum atomic E-state index is -0.340. The van der Waals surface area contributed by atoms with Gasteiger partial charge in [0.1, 0.15) is 5.82 Å². The second-order valence-electron chi connectivity index (χ2n) is 8.73. The molecule has 9 heteroatoms. The number of hydrogen-bond acceptors (Lipinski definition) is 6. The van der Waals surface area contributed by atoms with Crippen molar-refractivity contribution in [2.45, 2.75) is 13.5 Å². The van der Waals surface area contributed by atoms with Crippen LogP contribution >= 0.6 is 11.3 Å². The summed E-state index contributed by atoms with van der Waals surface area (Å²) in [6.07, 6.45) is 1.76. The molecule has 0 saturated heterocycles. The molecular weight excluding hydrogens is 496 g/mol. The molecular formula is C29H26N6O2S. The number of urea groups is 1. The molecule has 0 aliphatic rings. The van der Waals surface area contributed by atoms with Crippen molar-refractivity contribution < 1.29 is 9.59 Å².